The van der Waals surface area contributed by atoms with Gasteiger partial charge in [0.15, 0.2) is 0 Å². The van der Waals surface area contributed by atoms with Gasteiger partial charge >= 0.3 is 5.97 Å². The fourth-order valence-corrected chi connectivity index (χ4v) is 2.94. The maximum absolute atomic E-state index is 11.7. The smallest absolute Gasteiger partial charge is 0.329 e. The summed E-state index contributed by atoms with van der Waals surface area (Å²) in [6.45, 7) is 4.56. The molecule has 1 saturated heterocycles. The third kappa shape index (κ3) is 2.06. The fraction of sp³-hybridized carbons (Fsp3) is 0.467. The lowest BCUT2D eigenvalue weighted by atomic mass is 9.92. The highest BCUT2D eigenvalue weighted by Crippen LogP contribution is 2.37. The first kappa shape index (κ1) is 13.4. The molecule has 0 amide bonds. The maximum Gasteiger partial charge on any atom is 0.329 e. The van der Waals surface area contributed by atoms with Crippen molar-refractivity contribution < 1.29 is 9.90 Å². The van der Waals surface area contributed by atoms with E-state index >= 15 is 0 Å². The zero-order valence-electron chi connectivity index (χ0n) is 11.3. The van der Waals surface area contributed by atoms with Crippen LogP contribution in [-0.4, -0.2) is 23.2 Å². The van der Waals surface area contributed by atoms with Crippen LogP contribution in [0.25, 0.3) is 0 Å². The number of nitrogens with zero attached hydrogens (tertiary/aromatic N) is 2. The average molecular weight is 258 g/mol. The van der Waals surface area contributed by atoms with Crippen molar-refractivity contribution >= 4 is 11.7 Å². The lowest BCUT2D eigenvalue weighted by Gasteiger charge is -2.36. The fourth-order valence-electron chi connectivity index (χ4n) is 2.94. The van der Waals surface area contributed by atoms with Crippen LogP contribution in [0.15, 0.2) is 18.2 Å². The van der Waals surface area contributed by atoms with Crippen LogP contribution < -0.4 is 4.90 Å². The highest BCUT2D eigenvalue weighted by molar-refractivity contribution is 5.84. The second kappa shape index (κ2) is 4.93. The zero-order chi connectivity index (χ0) is 14.0. The minimum atomic E-state index is -0.791. The predicted molar refractivity (Wildman–Crippen MR) is 73.1 cm³/mol. The summed E-state index contributed by atoms with van der Waals surface area (Å²) in [5, 5.41) is 18.5. The second-order valence-corrected chi connectivity index (χ2v) is 5.06. The minimum Gasteiger partial charge on any atom is -0.479 e. The predicted octanol–water partition coefficient (Wildman–Crippen LogP) is 2.70. The van der Waals surface area contributed by atoms with Gasteiger partial charge in [-0.3, -0.25) is 0 Å². The van der Waals surface area contributed by atoms with Crippen molar-refractivity contribution in [2.24, 2.45) is 0 Å². The largest absolute Gasteiger partial charge is 0.479 e. The highest BCUT2D eigenvalue weighted by atomic mass is 16.4. The Labute approximate surface area is 113 Å². The zero-order valence-corrected chi connectivity index (χ0v) is 11.3. The van der Waals surface area contributed by atoms with E-state index in [0.717, 1.165) is 24.2 Å². The first-order valence-corrected chi connectivity index (χ1v) is 6.57. The van der Waals surface area contributed by atoms with E-state index in [1.54, 1.807) is 6.07 Å². The number of nitriles is 1. The molecule has 4 heteroatoms. The number of anilines is 1. The summed E-state index contributed by atoms with van der Waals surface area (Å²) in [5.41, 5.74) is 1.64. The van der Waals surface area contributed by atoms with Gasteiger partial charge in [0.25, 0.3) is 0 Å². The standard InChI is InChI=1S/C15H18N2O2/c1-3-15(14(18)19)7-4-8-17(15)13-6-5-12(10-16)11(2)9-13/h5-6,9H,3-4,7-8H2,1-2H3,(H,18,19). The van der Waals surface area contributed by atoms with Crippen molar-refractivity contribution in [1.29, 1.82) is 5.26 Å². The van der Waals surface area contributed by atoms with E-state index in [4.69, 9.17) is 5.26 Å². The Morgan fingerprint density at radius 3 is 2.84 bits per heavy atom. The van der Waals surface area contributed by atoms with Crippen LogP contribution in [0.2, 0.25) is 0 Å². The van der Waals surface area contributed by atoms with Gasteiger partial charge in [0.1, 0.15) is 5.54 Å². The van der Waals surface area contributed by atoms with Crippen molar-refractivity contribution in [2.45, 2.75) is 38.6 Å². The Bertz CT molecular complexity index is 548. The molecule has 1 N–H and O–H groups in total. The Kier molecular flexibility index (Phi) is 3.48. The first-order chi connectivity index (χ1) is 9.05. The van der Waals surface area contributed by atoms with Crippen LogP contribution in [0, 0.1) is 18.3 Å². The number of carbonyl (C=O) groups is 1. The number of carboxylic acids is 1. The minimum absolute atomic E-state index is 0.585. The molecular weight excluding hydrogens is 240 g/mol. The number of benzene rings is 1. The van der Waals surface area contributed by atoms with Crippen LogP contribution in [0.5, 0.6) is 0 Å². The van der Waals surface area contributed by atoms with Crippen molar-refractivity contribution in [3.05, 3.63) is 29.3 Å². The van der Waals surface area contributed by atoms with E-state index in [-0.39, 0.29) is 0 Å². The normalized spacial score (nSPS) is 22.3. The average Bonchev–Trinajstić information content (AvgIpc) is 2.83. The quantitative estimate of drug-likeness (QED) is 0.905. The highest BCUT2D eigenvalue weighted by Gasteiger charge is 2.46. The molecule has 1 fully saturated rings. The van der Waals surface area contributed by atoms with E-state index in [0.29, 0.717) is 18.4 Å². The number of aryl methyl sites for hydroxylation is 1. The van der Waals surface area contributed by atoms with E-state index in [2.05, 4.69) is 6.07 Å². The molecule has 0 spiro atoms. The van der Waals surface area contributed by atoms with Crippen LogP contribution in [0.3, 0.4) is 0 Å². The second-order valence-electron chi connectivity index (χ2n) is 5.06. The number of rotatable bonds is 3. The Morgan fingerprint density at radius 1 is 1.58 bits per heavy atom. The molecule has 1 aliphatic rings. The molecule has 0 aliphatic carbocycles. The molecule has 0 aromatic heterocycles. The van der Waals surface area contributed by atoms with Crippen molar-refractivity contribution in [3.8, 4) is 6.07 Å². The van der Waals surface area contributed by atoms with Gasteiger partial charge in [-0.1, -0.05) is 6.92 Å². The summed E-state index contributed by atoms with van der Waals surface area (Å²) in [5.74, 6) is -0.755. The van der Waals surface area contributed by atoms with Crippen molar-refractivity contribution in [2.75, 3.05) is 11.4 Å². The number of hydrogen-bond donors (Lipinski definition) is 1. The SMILES string of the molecule is CCC1(C(=O)O)CCCN1c1ccc(C#N)c(C)c1. The molecule has 0 bridgehead atoms. The van der Waals surface area contributed by atoms with Crippen LogP contribution >= 0.6 is 0 Å². The molecule has 1 aliphatic heterocycles. The Hall–Kier alpha value is -2.02. The Balaban J connectivity index is 2.43. The molecule has 4 nitrogen and oxygen atoms in total. The van der Waals surface area contributed by atoms with Gasteiger partial charge in [0.05, 0.1) is 11.6 Å². The van der Waals surface area contributed by atoms with Crippen LogP contribution in [-0.2, 0) is 4.79 Å². The molecule has 0 radical (unpaired) electrons. The maximum atomic E-state index is 11.7. The summed E-state index contributed by atoms with van der Waals surface area (Å²) < 4.78 is 0. The third-order valence-corrected chi connectivity index (χ3v) is 4.11. The lowest BCUT2D eigenvalue weighted by molar-refractivity contribution is -0.143. The van der Waals surface area contributed by atoms with Gasteiger partial charge in [-0.05, 0) is 49.9 Å². The van der Waals surface area contributed by atoms with Crippen molar-refractivity contribution in [3.63, 3.8) is 0 Å². The summed E-state index contributed by atoms with van der Waals surface area (Å²) in [6.07, 6.45) is 2.15. The molecule has 1 heterocycles. The molecule has 1 aromatic rings. The summed E-state index contributed by atoms with van der Waals surface area (Å²) in [7, 11) is 0. The molecule has 1 atom stereocenters. The Morgan fingerprint density at radius 2 is 2.32 bits per heavy atom. The summed E-state index contributed by atoms with van der Waals surface area (Å²) in [4.78, 5) is 13.6. The van der Waals surface area contributed by atoms with Crippen LogP contribution in [0.1, 0.15) is 37.3 Å². The summed E-state index contributed by atoms with van der Waals surface area (Å²) >= 11 is 0. The van der Waals surface area contributed by atoms with Crippen molar-refractivity contribution in [1.82, 2.24) is 0 Å². The molecule has 19 heavy (non-hydrogen) atoms. The monoisotopic (exact) mass is 258 g/mol. The molecule has 1 aromatic carbocycles. The van der Waals surface area contributed by atoms with E-state index in [1.807, 2.05) is 30.9 Å². The van der Waals surface area contributed by atoms with Gasteiger partial charge in [-0.15, -0.1) is 0 Å². The topological polar surface area (TPSA) is 64.3 Å². The van der Waals surface area contributed by atoms with Crippen LogP contribution in [0.4, 0.5) is 5.69 Å². The van der Waals surface area contributed by atoms with Gasteiger partial charge in [0, 0.05) is 12.2 Å². The summed E-state index contributed by atoms with van der Waals surface area (Å²) in [6, 6.07) is 7.67. The molecule has 100 valence electrons. The van der Waals surface area contributed by atoms with Gasteiger partial charge in [-0.25, -0.2) is 4.79 Å². The van der Waals surface area contributed by atoms with E-state index in [9.17, 15) is 9.90 Å². The molecule has 1 unspecified atom stereocenters. The number of carboxylic acid groups (broad SMARTS) is 1. The van der Waals surface area contributed by atoms with Gasteiger partial charge in [0.2, 0.25) is 0 Å². The van der Waals surface area contributed by atoms with E-state index < -0.39 is 11.5 Å². The van der Waals surface area contributed by atoms with Gasteiger partial charge in [-0.2, -0.15) is 5.26 Å². The lowest BCUT2D eigenvalue weighted by Crippen LogP contribution is -2.50. The number of aliphatic carboxylic acids is 1. The number of hydrogen-bond acceptors (Lipinski definition) is 3. The first-order valence-electron chi connectivity index (χ1n) is 6.57. The molecule has 2 rings (SSSR count). The van der Waals surface area contributed by atoms with Gasteiger partial charge < -0.3 is 10.0 Å². The third-order valence-electron chi connectivity index (χ3n) is 4.11. The van der Waals surface area contributed by atoms with E-state index in [1.165, 1.54) is 0 Å². The molecular formula is C15H18N2O2. The molecule has 0 saturated carbocycles.